The summed E-state index contributed by atoms with van der Waals surface area (Å²) in [5.74, 6) is -0.511. The van der Waals surface area contributed by atoms with E-state index < -0.39 is 32.1 Å². The predicted molar refractivity (Wildman–Crippen MR) is 120 cm³/mol. The van der Waals surface area contributed by atoms with Gasteiger partial charge in [-0.1, -0.05) is 24.3 Å². The van der Waals surface area contributed by atoms with Crippen molar-refractivity contribution in [2.45, 2.75) is 43.4 Å². The zero-order valence-corrected chi connectivity index (χ0v) is 18.9. The second-order valence-corrected chi connectivity index (χ2v) is 11.6. The molecule has 2 unspecified atom stereocenters. The van der Waals surface area contributed by atoms with Gasteiger partial charge in [-0.05, 0) is 80.0 Å². The highest BCUT2D eigenvalue weighted by Crippen LogP contribution is 2.63. The Morgan fingerprint density at radius 2 is 1.73 bits per heavy atom. The average Bonchev–Trinajstić information content (AvgIpc) is 2.75. The van der Waals surface area contributed by atoms with Crippen LogP contribution in [-0.2, 0) is 14.8 Å². The Balaban J connectivity index is 1.31. The van der Waals surface area contributed by atoms with E-state index in [9.17, 15) is 27.5 Å². The van der Waals surface area contributed by atoms with Gasteiger partial charge >= 0.3 is 5.97 Å². The summed E-state index contributed by atoms with van der Waals surface area (Å²) < 4.78 is 41.5. The second-order valence-electron chi connectivity index (χ2n) is 9.96. The van der Waals surface area contributed by atoms with E-state index in [2.05, 4.69) is 4.72 Å². The summed E-state index contributed by atoms with van der Waals surface area (Å²) in [6, 6.07) is 11.4. The maximum Gasteiger partial charge on any atom is 0.309 e. The van der Waals surface area contributed by atoms with E-state index in [0.717, 1.165) is 25.3 Å². The van der Waals surface area contributed by atoms with Gasteiger partial charge in [0.05, 0.1) is 5.41 Å². The van der Waals surface area contributed by atoms with Crippen LogP contribution in [0.3, 0.4) is 0 Å². The molecule has 0 amide bonds. The van der Waals surface area contributed by atoms with Crippen LogP contribution in [0, 0.1) is 34.9 Å². The molecule has 2 N–H and O–H groups in total. The first-order valence-electron chi connectivity index (χ1n) is 11.3. The Morgan fingerprint density at radius 1 is 1.03 bits per heavy atom. The minimum absolute atomic E-state index is 0.0798. The van der Waals surface area contributed by atoms with Crippen molar-refractivity contribution < 1.29 is 27.5 Å². The molecule has 0 spiro atoms. The molecule has 0 aliphatic heterocycles. The average molecular weight is 472 g/mol. The minimum Gasteiger partial charge on any atom is -0.481 e. The van der Waals surface area contributed by atoms with Crippen molar-refractivity contribution in [3.05, 3.63) is 59.9 Å². The number of carboxylic acid groups (broad SMARTS) is 1. The van der Waals surface area contributed by atoms with E-state index in [4.69, 9.17) is 0 Å². The van der Waals surface area contributed by atoms with Gasteiger partial charge in [0, 0.05) is 17.7 Å². The predicted octanol–water partition coefficient (Wildman–Crippen LogP) is 4.73. The Morgan fingerprint density at radius 3 is 2.39 bits per heavy atom. The summed E-state index contributed by atoms with van der Waals surface area (Å²) in [5.41, 5.74) is -0.0227. The molecule has 4 aliphatic rings. The lowest BCUT2D eigenvalue weighted by atomic mass is 9.45. The third-order valence-electron chi connectivity index (χ3n) is 7.91. The van der Waals surface area contributed by atoms with Crippen LogP contribution in [0.1, 0.15) is 48.9 Å². The van der Waals surface area contributed by atoms with Crippen molar-refractivity contribution in [1.82, 2.24) is 0 Å². The third kappa shape index (κ3) is 3.94. The lowest BCUT2D eigenvalue weighted by molar-refractivity contribution is -0.170. The number of hydrogen-bond donors (Lipinski definition) is 2. The first-order valence-corrected chi connectivity index (χ1v) is 12.8. The fraction of sp³-hybridized carbons (Fsp3) is 0.440. The molecule has 33 heavy (non-hydrogen) atoms. The van der Waals surface area contributed by atoms with Gasteiger partial charge in [-0.15, -0.1) is 0 Å². The maximum atomic E-state index is 14.0. The molecule has 4 bridgehead atoms. The zero-order valence-electron chi connectivity index (χ0n) is 18.0. The fourth-order valence-corrected chi connectivity index (χ4v) is 7.82. The highest BCUT2D eigenvalue weighted by molar-refractivity contribution is 7.92. The Hall–Kier alpha value is -2.74. The number of aliphatic carboxylic acids is 1. The van der Waals surface area contributed by atoms with Crippen molar-refractivity contribution in [2.24, 2.45) is 29.1 Å². The molecule has 0 heterocycles. The maximum absolute atomic E-state index is 14.0. The number of carboxylic acids is 1. The fourth-order valence-electron chi connectivity index (χ4n) is 6.69. The van der Waals surface area contributed by atoms with E-state index in [1.54, 1.807) is 12.1 Å². The second kappa shape index (κ2) is 7.94. The number of carbonyl (C=O) groups is 2. The van der Waals surface area contributed by atoms with Crippen LogP contribution in [0.15, 0.2) is 53.4 Å². The number of nitrogens with one attached hydrogen (secondary N) is 1. The van der Waals surface area contributed by atoms with Crippen LogP contribution in [0.25, 0.3) is 0 Å². The Bertz CT molecular complexity index is 1210. The molecule has 6 rings (SSSR count). The standard InChI is InChI=1S/C25H26FNO5S/c26-21-6-1-2-7-23(21)33(31,32)27-19-5-3-4-16(10-19)22(28)11-20-17-8-15-9-18(20)14-25(12-15,13-17)24(29)30/h1-7,10,15,17-18,20,27H,8-9,11-14H2,(H,29,30). The number of Topliss-reactive ketones (excluding diaryl/α,β-unsaturated/α-hetero) is 1. The minimum atomic E-state index is -4.13. The molecule has 4 fully saturated rings. The van der Waals surface area contributed by atoms with Gasteiger partial charge in [-0.2, -0.15) is 0 Å². The largest absolute Gasteiger partial charge is 0.481 e. The lowest BCUT2D eigenvalue weighted by Gasteiger charge is -2.58. The summed E-state index contributed by atoms with van der Waals surface area (Å²) in [6.45, 7) is 0. The lowest BCUT2D eigenvalue weighted by Crippen LogP contribution is -2.54. The van der Waals surface area contributed by atoms with Crippen LogP contribution >= 0.6 is 0 Å². The molecule has 2 atom stereocenters. The number of ketones is 1. The Kier molecular flexibility index (Phi) is 5.31. The number of benzene rings is 2. The monoisotopic (exact) mass is 471 g/mol. The van der Waals surface area contributed by atoms with Gasteiger partial charge in [0.15, 0.2) is 5.78 Å². The number of sulfonamides is 1. The molecular formula is C25H26FNO5S. The van der Waals surface area contributed by atoms with Crippen molar-refractivity contribution in [1.29, 1.82) is 0 Å². The highest BCUT2D eigenvalue weighted by atomic mass is 32.2. The van der Waals surface area contributed by atoms with E-state index in [-0.39, 0.29) is 29.2 Å². The summed E-state index contributed by atoms with van der Waals surface area (Å²) in [6.07, 6.45) is 4.38. The van der Waals surface area contributed by atoms with E-state index in [0.29, 0.717) is 30.7 Å². The van der Waals surface area contributed by atoms with Gasteiger partial charge in [0.1, 0.15) is 10.7 Å². The van der Waals surface area contributed by atoms with Crippen molar-refractivity contribution in [3.63, 3.8) is 0 Å². The van der Waals surface area contributed by atoms with Crippen LogP contribution in [-0.4, -0.2) is 25.3 Å². The Labute approximate surface area is 192 Å². The number of hydrogen-bond acceptors (Lipinski definition) is 4. The number of carbonyl (C=O) groups excluding carboxylic acids is 1. The molecular weight excluding hydrogens is 445 g/mol. The van der Waals surface area contributed by atoms with Crippen molar-refractivity contribution >= 4 is 27.5 Å². The zero-order chi connectivity index (χ0) is 23.4. The van der Waals surface area contributed by atoms with Crippen LogP contribution in [0.2, 0.25) is 0 Å². The van der Waals surface area contributed by atoms with Gasteiger partial charge < -0.3 is 5.11 Å². The topological polar surface area (TPSA) is 101 Å². The number of halogens is 1. The summed E-state index contributed by atoms with van der Waals surface area (Å²) in [5, 5.41) is 9.80. The number of rotatable bonds is 7. The van der Waals surface area contributed by atoms with Gasteiger partial charge in [-0.25, -0.2) is 12.8 Å². The summed E-state index contributed by atoms with van der Waals surface area (Å²) in [4.78, 5) is 24.6. The highest BCUT2D eigenvalue weighted by Gasteiger charge is 2.58. The SMILES string of the molecule is O=C(CC1C2CC3CC1CC(C(=O)O)(C3)C2)c1cccc(NS(=O)(=O)c2ccccc2F)c1. The normalized spacial score (nSPS) is 30.2. The van der Waals surface area contributed by atoms with Crippen LogP contribution in [0.5, 0.6) is 0 Å². The molecule has 8 heteroatoms. The summed E-state index contributed by atoms with van der Waals surface area (Å²) in [7, 11) is -4.13. The third-order valence-corrected chi connectivity index (χ3v) is 9.32. The van der Waals surface area contributed by atoms with Gasteiger partial charge in [0.25, 0.3) is 10.0 Å². The molecule has 174 valence electrons. The molecule has 6 nitrogen and oxygen atoms in total. The van der Waals surface area contributed by atoms with Gasteiger partial charge in [0.2, 0.25) is 0 Å². The molecule has 0 aromatic heterocycles. The van der Waals surface area contributed by atoms with E-state index in [1.165, 1.54) is 30.3 Å². The molecule has 2 aromatic rings. The molecule has 0 radical (unpaired) electrons. The molecule has 4 aliphatic carbocycles. The smallest absolute Gasteiger partial charge is 0.309 e. The number of anilines is 1. The van der Waals surface area contributed by atoms with Crippen molar-refractivity contribution in [2.75, 3.05) is 4.72 Å². The first-order chi connectivity index (χ1) is 15.7. The molecule has 0 saturated heterocycles. The van der Waals surface area contributed by atoms with E-state index >= 15 is 0 Å². The quantitative estimate of drug-likeness (QED) is 0.569. The van der Waals surface area contributed by atoms with Crippen molar-refractivity contribution in [3.8, 4) is 0 Å². The first kappa shape index (κ1) is 22.1. The van der Waals surface area contributed by atoms with Gasteiger partial charge in [-0.3, -0.25) is 14.3 Å². The molecule has 4 saturated carbocycles. The molecule has 2 aromatic carbocycles. The van der Waals surface area contributed by atoms with E-state index in [1.807, 2.05) is 0 Å². The van der Waals surface area contributed by atoms with Crippen LogP contribution < -0.4 is 4.72 Å². The van der Waals surface area contributed by atoms with Crippen LogP contribution in [0.4, 0.5) is 10.1 Å². The summed E-state index contributed by atoms with van der Waals surface area (Å²) >= 11 is 0.